The van der Waals surface area contributed by atoms with Crippen LogP contribution in [-0.4, -0.2) is 64.3 Å². The molecule has 0 aliphatic carbocycles. The zero-order valence-electron chi connectivity index (χ0n) is 18.7. The topological polar surface area (TPSA) is 99.4 Å². The first kappa shape index (κ1) is 26.8. The lowest BCUT2D eigenvalue weighted by atomic mass is 9.83. The maximum atomic E-state index is 10.3. The van der Waals surface area contributed by atoms with Crippen molar-refractivity contribution in [2.24, 2.45) is 0 Å². The fraction of sp³-hybridized carbons (Fsp3) is 1.00. The molecule has 0 spiro atoms. The molecule has 1 unspecified atom stereocenters. The highest BCUT2D eigenvalue weighted by molar-refractivity contribution is 4.99. The van der Waals surface area contributed by atoms with E-state index in [9.17, 15) is 20.4 Å². The molecule has 1 aliphatic rings. The minimum absolute atomic E-state index is 0.420. The van der Waals surface area contributed by atoms with Crippen LogP contribution in [-0.2, 0) is 9.47 Å². The number of ether oxygens (including phenoxy) is 2. The smallest absolute Gasteiger partial charge is 0.186 e. The number of hydrogen-bond donors (Lipinski definition) is 4. The zero-order chi connectivity index (χ0) is 21.5. The number of hydrogen-bond acceptors (Lipinski definition) is 6. The predicted molar refractivity (Wildman–Crippen MR) is 115 cm³/mol. The Bertz CT molecular complexity index is 392. The fourth-order valence-electron chi connectivity index (χ4n) is 4.25. The van der Waals surface area contributed by atoms with E-state index in [-0.39, 0.29) is 0 Å². The Morgan fingerprint density at radius 3 is 1.59 bits per heavy atom. The Kier molecular flexibility index (Phi) is 14.4. The first-order valence-corrected chi connectivity index (χ1v) is 11.9. The molecule has 1 rings (SSSR count). The predicted octanol–water partition coefficient (Wildman–Crippen LogP) is 3.67. The summed E-state index contributed by atoms with van der Waals surface area (Å²) < 4.78 is 10.7. The van der Waals surface area contributed by atoms with Gasteiger partial charge in [0.2, 0.25) is 0 Å². The highest BCUT2D eigenvalue weighted by atomic mass is 16.7. The van der Waals surface area contributed by atoms with Gasteiger partial charge in [-0.1, -0.05) is 96.8 Å². The van der Waals surface area contributed by atoms with Gasteiger partial charge in [-0.2, -0.15) is 0 Å². The van der Waals surface area contributed by atoms with Crippen molar-refractivity contribution in [3.05, 3.63) is 0 Å². The molecule has 29 heavy (non-hydrogen) atoms. The van der Waals surface area contributed by atoms with Crippen molar-refractivity contribution < 1.29 is 29.9 Å². The molecule has 0 bridgehead atoms. The van der Waals surface area contributed by atoms with Gasteiger partial charge in [0.1, 0.15) is 23.9 Å². The number of methoxy groups -OCH3 is 1. The van der Waals surface area contributed by atoms with E-state index < -0.39 is 36.8 Å². The number of rotatable bonds is 17. The molecule has 0 amide bonds. The van der Waals surface area contributed by atoms with E-state index in [1.54, 1.807) is 0 Å². The maximum absolute atomic E-state index is 10.3. The van der Waals surface area contributed by atoms with Crippen molar-refractivity contribution >= 4 is 0 Å². The largest absolute Gasteiger partial charge is 0.393 e. The fourth-order valence-corrected chi connectivity index (χ4v) is 4.25. The maximum Gasteiger partial charge on any atom is 0.186 e. The summed E-state index contributed by atoms with van der Waals surface area (Å²) in [5.41, 5.74) is -1.28. The van der Waals surface area contributed by atoms with Gasteiger partial charge >= 0.3 is 0 Å². The van der Waals surface area contributed by atoms with Crippen LogP contribution in [0.1, 0.15) is 103 Å². The van der Waals surface area contributed by atoms with Gasteiger partial charge in [-0.05, 0) is 6.42 Å². The van der Waals surface area contributed by atoms with Crippen LogP contribution in [0.5, 0.6) is 0 Å². The molecule has 1 fully saturated rings. The van der Waals surface area contributed by atoms with Crippen LogP contribution in [0.4, 0.5) is 0 Å². The van der Waals surface area contributed by atoms with E-state index in [1.807, 2.05) is 0 Å². The lowest BCUT2D eigenvalue weighted by Crippen LogP contribution is -2.66. The van der Waals surface area contributed by atoms with E-state index in [0.717, 1.165) is 19.3 Å². The summed E-state index contributed by atoms with van der Waals surface area (Å²) in [4.78, 5) is 0. The van der Waals surface area contributed by atoms with Crippen molar-refractivity contribution in [1.29, 1.82) is 0 Å². The van der Waals surface area contributed by atoms with Crippen molar-refractivity contribution in [2.45, 2.75) is 133 Å². The SMILES string of the molecule is CCCCCCCCCCCCCCCCC1(CO)O[C@H](OC)[C@@H](O)[C@H](O)[C@H]1O. The van der Waals surface area contributed by atoms with Crippen LogP contribution in [0.25, 0.3) is 0 Å². The lowest BCUT2D eigenvalue weighted by Gasteiger charge is -2.47. The van der Waals surface area contributed by atoms with E-state index >= 15 is 0 Å². The molecule has 0 aromatic rings. The molecule has 0 saturated carbocycles. The van der Waals surface area contributed by atoms with Crippen LogP contribution in [0.3, 0.4) is 0 Å². The quantitative estimate of drug-likeness (QED) is 0.269. The van der Waals surface area contributed by atoms with Crippen molar-refractivity contribution in [1.82, 2.24) is 0 Å². The van der Waals surface area contributed by atoms with Crippen LogP contribution in [0, 0.1) is 0 Å². The van der Waals surface area contributed by atoms with Crippen molar-refractivity contribution in [2.75, 3.05) is 13.7 Å². The second-order valence-corrected chi connectivity index (χ2v) is 8.72. The molecule has 174 valence electrons. The van der Waals surface area contributed by atoms with Crippen molar-refractivity contribution in [3.8, 4) is 0 Å². The Morgan fingerprint density at radius 2 is 1.17 bits per heavy atom. The average Bonchev–Trinajstić information content (AvgIpc) is 2.74. The van der Waals surface area contributed by atoms with Crippen LogP contribution >= 0.6 is 0 Å². The summed E-state index contributed by atoms with van der Waals surface area (Å²) in [5.74, 6) is 0. The summed E-state index contributed by atoms with van der Waals surface area (Å²) in [6, 6.07) is 0. The third kappa shape index (κ3) is 9.19. The summed E-state index contributed by atoms with van der Waals surface area (Å²) in [5, 5.41) is 40.1. The van der Waals surface area contributed by atoms with Gasteiger partial charge in [-0.25, -0.2) is 0 Å². The first-order valence-electron chi connectivity index (χ1n) is 11.9. The normalized spacial score (nSPS) is 30.0. The first-order chi connectivity index (χ1) is 14.0. The molecule has 6 nitrogen and oxygen atoms in total. The van der Waals surface area contributed by atoms with Gasteiger partial charge in [0.05, 0.1) is 6.61 Å². The van der Waals surface area contributed by atoms with Crippen LogP contribution in [0.15, 0.2) is 0 Å². The zero-order valence-corrected chi connectivity index (χ0v) is 18.7. The number of aliphatic hydroxyl groups excluding tert-OH is 4. The monoisotopic (exact) mass is 418 g/mol. The molecule has 0 radical (unpaired) electrons. The standard InChI is InChI=1S/C23H46O6/c1-3-4-5-6-7-8-9-10-11-12-13-14-15-16-17-23(18-24)21(27)19(25)20(26)22(28-2)29-23/h19-22,24-27H,3-18H2,1-2H3/t19-,20-,21+,22-,23?/m0/s1. The van der Waals surface area contributed by atoms with Crippen LogP contribution in [0.2, 0.25) is 0 Å². The summed E-state index contributed by atoms with van der Waals surface area (Å²) in [7, 11) is 1.37. The van der Waals surface area contributed by atoms with Gasteiger partial charge < -0.3 is 29.9 Å². The Labute approximate surface area is 177 Å². The summed E-state index contributed by atoms with van der Waals surface area (Å²) in [6.45, 7) is 1.83. The summed E-state index contributed by atoms with van der Waals surface area (Å²) in [6.07, 6.45) is 12.9. The molecule has 4 N–H and O–H groups in total. The Hall–Kier alpha value is -0.240. The highest BCUT2D eigenvalue weighted by Crippen LogP contribution is 2.34. The molecule has 0 aromatic carbocycles. The summed E-state index contributed by atoms with van der Waals surface area (Å²) >= 11 is 0. The average molecular weight is 419 g/mol. The lowest BCUT2D eigenvalue weighted by molar-refractivity contribution is -0.334. The third-order valence-corrected chi connectivity index (χ3v) is 6.30. The van der Waals surface area contributed by atoms with Gasteiger partial charge in [0, 0.05) is 7.11 Å². The number of aliphatic hydroxyl groups is 4. The van der Waals surface area contributed by atoms with Crippen molar-refractivity contribution in [3.63, 3.8) is 0 Å². The molecule has 1 heterocycles. The van der Waals surface area contributed by atoms with Gasteiger partial charge in [-0.3, -0.25) is 0 Å². The molecule has 1 saturated heterocycles. The molecule has 0 aromatic heterocycles. The molecule has 1 aliphatic heterocycles. The highest BCUT2D eigenvalue weighted by Gasteiger charge is 2.53. The van der Waals surface area contributed by atoms with Crippen LogP contribution < -0.4 is 0 Å². The van der Waals surface area contributed by atoms with E-state index in [0.29, 0.717) is 6.42 Å². The Balaban J connectivity index is 2.10. The molecule has 6 heteroatoms. The second-order valence-electron chi connectivity index (χ2n) is 8.72. The number of unbranched alkanes of at least 4 members (excludes halogenated alkanes) is 13. The van der Waals surface area contributed by atoms with Gasteiger partial charge in [-0.15, -0.1) is 0 Å². The molecular formula is C23H46O6. The van der Waals surface area contributed by atoms with E-state index in [2.05, 4.69) is 6.92 Å². The second kappa shape index (κ2) is 15.5. The van der Waals surface area contributed by atoms with Gasteiger partial charge in [0.15, 0.2) is 6.29 Å². The van der Waals surface area contributed by atoms with Gasteiger partial charge in [0.25, 0.3) is 0 Å². The molecular weight excluding hydrogens is 372 g/mol. The Morgan fingerprint density at radius 1 is 0.724 bits per heavy atom. The van der Waals surface area contributed by atoms with E-state index in [4.69, 9.17) is 9.47 Å². The molecule has 5 atom stereocenters. The van der Waals surface area contributed by atoms with E-state index in [1.165, 1.54) is 77.7 Å². The minimum Gasteiger partial charge on any atom is -0.393 e. The minimum atomic E-state index is -1.40. The third-order valence-electron chi connectivity index (χ3n) is 6.30.